The van der Waals surface area contributed by atoms with Crippen LogP contribution in [0, 0.1) is 11.3 Å². The van der Waals surface area contributed by atoms with Gasteiger partial charge in [0.2, 0.25) is 0 Å². The number of hydrogen-bond donors (Lipinski definition) is 1. The lowest BCUT2D eigenvalue weighted by molar-refractivity contribution is 0.415. The van der Waals surface area contributed by atoms with Crippen molar-refractivity contribution in [2.24, 2.45) is 0 Å². The van der Waals surface area contributed by atoms with Crippen LogP contribution < -0.4 is 5.32 Å². The molecular formula is C18H13N3O. The zero-order valence-corrected chi connectivity index (χ0v) is 11.7. The summed E-state index contributed by atoms with van der Waals surface area (Å²) in [5.74, 6) is 0.435. The van der Waals surface area contributed by atoms with Gasteiger partial charge in [0.25, 0.3) is 0 Å². The average Bonchev–Trinajstić information content (AvgIpc) is 2.99. The molecule has 2 aromatic carbocycles. The zero-order chi connectivity index (χ0) is 15.2. The maximum Gasteiger partial charge on any atom is 0.179 e. The van der Waals surface area contributed by atoms with Crippen molar-refractivity contribution in [2.75, 3.05) is 5.32 Å². The van der Waals surface area contributed by atoms with Gasteiger partial charge in [-0.25, -0.2) is 0 Å². The highest BCUT2D eigenvalue weighted by Gasteiger charge is 2.15. The number of anilines is 1. The van der Waals surface area contributed by atoms with Gasteiger partial charge in [0.1, 0.15) is 17.3 Å². The minimum Gasteiger partial charge on any atom is -0.362 e. The van der Waals surface area contributed by atoms with E-state index in [1.807, 2.05) is 60.7 Å². The van der Waals surface area contributed by atoms with Gasteiger partial charge in [0.15, 0.2) is 5.76 Å². The summed E-state index contributed by atoms with van der Waals surface area (Å²) < 4.78 is 5.28. The van der Waals surface area contributed by atoms with Crippen molar-refractivity contribution in [3.63, 3.8) is 0 Å². The number of para-hydroxylation sites is 1. The molecule has 0 amide bonds. The largest absolute Gasteiger partial charge is 0.362 e. The van der Waals surface area contributed by atoms with E-state index in [4.69, 9.17) is 4.52 Å². The molecule has 0 saturated carbocycles. The van der Waals surface area contributed by atoms with Crippen LogP contribution in [0.1, 0.15) is 11.3 Å². The Morgan fingerprint density at radius 2 is 1.68 bits per heavy atom. The number of aromatic nitrogens is 1. The van der Waals surface area contributed by atoms with E-state index in [1.54, 1.807) is 12.3 Å². The normalized spacial score (nSPS) is 10.5. The fraction of sp³-hybridized carbons (Fsp3) is 0. The van der Waals surface area contributed by atoms with Crippen molar-refractivity contribution < 1.29 is 4.52 Å². The molecule has 0 aliphatic rings. The van der Waals surface area contributed by atoms with Crippen LogP contribution in [0.5, 0.6) is 0 Å². The monoisotopic (exact) mass is 287 g/mol. The summed E-state index contributed by atoms with van der Waals surface area (Å²) in [7, 11) is 0. The van der Waals surface area contributed by atoms with Gasteiger partial charge in [-0.05, 0) is 12.1 Å². The molecule has 0 radical (unpaired) electrons. The molecule has 0 atom stereocenters. The van der Waals surface area contributed by atoms with Gasteiger partial charge in [-0.3, -0.25) is 0 Å². The predicted octanol–water partition coefficient (Wildman–Crippen LogP) is 4.30. The third-order valence-electron chi connectivity index (χ3n) is 3.14. The lowest BCUT2D eigenvalue weighted by Crippen LogP contribution is -1.86. The van der Waals surface area contributed by atoms with Crippen molar-refractivity contribution in [2.45, 2.75) is 0 Å². The van der Waals surface area contributed by atoms with Crippen molar-refractivity contribution in [1.29, 1.82) is 5.26 Å². The molecule has 4 nitrogen and oxygen atoms in total. The number of nitriles is 1. The highest BCUT2D eigenvalue weighted by molar-refractivity contribution is 5.71. The Morgan fingerprint density at radius 1 is 1.00 bits per heavy atom. The lowest BCUT2D eigenvalue weighted by atomic mass is 10.1. The molecule has 0 spiro atoms. The molecular weight excluding hydrogens is 274 g/mol. The third kappa shape index (κ3) is 2.89. The fourth-order valence-corrected chi connectivity index (χ4v) is 2.07. The Morgan fingerprint density at radius 3 is 2.36 bits per heavy atom. The van der Waals surface area contributed by atoms with Crippen LogP contribution in [0.3, 0.4) is 0 Å². The first-order chi connectivity index (χ1) is 10.9. The van der Waals surface area contributed by atoms with E-state index in [2.05, 4.69) is 16.5 Å². The quantitative estimate of drug-likeness (QED) is 0.777. The summed E-state index contributed by atoms with van der Waals surface area (Å²) in [6, 6.07) is 21.4. The van der Waals surface area contributed by atoms with Crippen LogP contribution >= 0.6 is 0 Å². The summed E-state index contributed by atoms with van der Waals surface area (Å²) in [6.07, 6.45) is 3.43. The third-order valence-corrected chi connectivity index (χ3v) is 3.14. The molecule has 3 aromatic rings. The molecule has 0 aliphatic carbocycles. The van der Waals surface area contributed by atoms with Gasteiger partial charge in [0.05, 0.1) is 0 Å². The topological polar surface area (TPSA) is 61.9 Å². The zero-order valence-electron chi connectivity index (χ0n) is 11.7. The summed E-state index contributed by atoms with van der Waals surface area (Å²) in [4.78, 5) is 0. The first-order valence-corrected chi connectivity index (χ1v) is 6.82. The Labute approximate surface area is 128 Å². The Balaban J connectivity index is 1.84. The van der Waals surface area contributed by atoms with E-state index in [-0.39, 0.29) is 0 Å². The minimum atomic E-state index is 0.428. The number of nitrogens with zero attached hydrogens (tertiary/aromatic N) is 2. The Bertz CT molecular complexity index is 815. The number of nitrogens with one attached hydrogen (secondary N) is 1. The highest BCUT2D eigenvalue weighted by Crippen LogP contribution is 2.25. The summed E-state index contributed by atoms with van der Waals surface area (Å²) in [6.45, 7) is 0. The smallest absolute Gasteiger partial charge is 0.179 e. The molecule has 0 fully saturated rings. The van der Waals surface area contributed by atoms with Crippen molar-refractivity contribution in [3.8, 4) is 17.3 Å². The number of rotatable bonds is 4. The van der Waals surface area contributed by atoms with Gasteiger partial charge in [-0.1, -0.05) is 53.7 Å². The van der Waals surface area contributed by atoms with Gasteiger partial charge in [0, 0.05) is 23.5 Å². The molecule has 0 aliphatic heterocycles. The van der Waals surface area contributed by atoms with E-state index in [9.17, 15) is 5.26 Å². The first kappa shape index (κ1) is 13.7. The number of benzene rings is 2. The summed E-state index contributed by atoms with van der Waals surface area (Å²) in [5, 5.41) is 16.5. The van der Waals surface area contributed by atoms with E-state index in [0.29, 0.717) is 17.0 Å². The van der Waals surface area contributed by atoms with Crippen LogP contribution in [0.25, 0.3) is 17.3 Å². The Kier molecular flexibility index (Phi) is 3.98. The maximum absolute atomic E-state index is 9.36. The molecule has 3 rings (SSSR count). The van der Waals surface area contributed by atoms with Crippen LogP contribution in [-0.4, -0.2) is 5.16 Å². The molecule has 4 heteroatoms. The molecule has 106 valence electrons. The highest BCUT2D eigenvalue weighted by atomic mass is 16.5. The van der Waals surface area contributed by atoms with Gasteiger partial charge in [-0.2, -0.15) is 5.26 Å². The first-order valence-electron chi connectivity index (χ1n) is 6.82. The minimum absolute atomic E-state index is 0.428. The predicted molar refractivity (Wildman–Crippen MR) is 85.8 cm³/mol. The van der Waals surface area contributed by atoms with Crippen LogP contribution in [-0.2, 0) is 0 Å². The average molecular weight is 287 g/mol. The number of hydrogen-bond acceptors (Lipinski definition) is 4. The fourth-order valence-electron chi connectivity index (χ4n) is 2.07. The molecule has 0 bridgehead atoms. The van der Waals surface area contributed by atoms with Crippen LogP contribution in [0.4, 0.5) is 5.69 Å². The second kappa shape index (κ2) is 6.42. The van der Waals surface area contributed by atoms with E-state index >= 15 is 0 Å². The van der Waals surface area contributed by atoms with Crippen molar-refractivity contribution in [1.82, 2.24) is 5.16 Å². The van der Waals surface area contributed by atoms with E-state index < -0.39 is 0 Å². The molecule has 1 aromatic heterocycles. The summed E-state index contributed by atoms with van der Waals surface area (Å²) in [5.41, 5.74) is 2.80. The summed E-state index contributed by atoms with van der Waals surface area (Å²) >= 11 is 0. The molecule has 0 saturated heterocycles. The standard InChI is InChI=1S/C18H13N3O/c19-13-16-17(11-12-20-15-9-5-2-6-10-15)22-21-18(16)14-7-3-1-4-8-14/h1-12,20H. The SMILES string of the molecule is N#Cc1c(-c2ccccc2)noc1C=CNc1ccccc1. The van der Waals surface area contributed by atoms with Crippen LogP contribution in [0.2, 0.25) is 0 Å². The molecule has 1 N–H and O–H groups in total. The van der Waals surface area contributed by atoms with E-state index in [0.717, 1.165) is 11.3 Å². The van der Waals surface area contributed by atoms with Gasteiger partial charge in [-0.15, -0.1) is 0 Å². The van der Waals surface area contributed by atoms with Gasteiger partial charge >= 0.3 is 0 Å². The Hall–Kier alpha value is -3.32. The van der Waals surface area contributed by atoms with Crippen molar-refractivity contribution >= 4 is 11.8 Å². The van der Waals surface area contributed by atoms with E-state index in [1.165, 1.54) is 0 Å². The lowest BCUT2D eigenvalue weighted by Gasteiger charge is -1.98. The van der Waals surface area contributed by atoms with Crippen molar-refractivity contribution in [3.05, 3.63) is 78.2 Å². The van der Waals surface area contributed by atoms with Gasteiger partial charge < -0.3 is 9.84 Å². The second-order valence-electron chi connectivity index (χ2n) is 4.59. The van der Waals surface area contributed by atoms with Crippen LogP contribution in [0.15, 0.2) is 71.4 Å². The maximum atomic E-state index is 9.36. The molecule has 22 heavy (non-hydrogen) atoms. The molecule has 0 unspecified atom stereocenters. The second-order valence-corrected chi connectivity index (χ2v) is 4.59. The molecule has 1 heterocycles.